The summed E-state index contributed by atoms with van der Waals surface area (Å²) in [5.41, 5.74) is 3.37. The Bertz CT molecular complexity index is 639. The molecule has 0 bridgehead atoms. The molecule has 25 heavy (non-hydrogen) atoms. The van der Waals surface area contributed by atoms with Crippen molar-refractivity contribution in [2.45, 2.75) is 51.9 Å². The second-order valence-corrected chi connectivity index (χ2v) is 6.42. The molecule has 0 aliphatic heterocycles. The average molecular weight is 540 g/mol. The van der Waals surface area contributed by atoms with Crippen molar-refractivity contribution in [2.75, 3.05) is 0 Å². The molecule has 0 spiro atoms. The van der Waals surface area contributed by atoms with Crippen LogP contribution in [0.1, 0.15) is 51.9 Å². The monoisotopic (exact) mass is 540 g/mol. The van der Waals surface area contributed by atoms with Gasteiger partial charge in [-0.1, -0.05) is 57.4 Å². The van der Waals surface area contributed by atoms with Crippen molar-refractivity contribution in [3.8, 4) is 0 Å². The van der Waals surface area contributed by atoms with Crippen molar-refractivity contribution in [1.29, 1.82) is 0 Å². The number of hydrogen-bond acceptors (Lipinski definition) is 0. The maximum Gasteiger partial charge on any atom is 4.00 e. The summed E-state index contributed by atoms with van der Waals surface area (Å²) in [7, 11) is 0. The molecule has 132 valence electrons. The second kappa shape index (κ2) is 13.0. The van der Waals surface area contributed by atoms with E-state index < -0.39 is 0 Å². The molecule has 2 aliphatic carbocycles. The summed E-state index contributed by atoms with van der Waals surface area (Å²) < 4.78 is 0. The molecule has 1 unspecified atom stereocenters. The summed E-state index contributed by atoms with van der Waals surface area (Å²) in [6, 6.07) is 14.7. The van der Waals surface area contributed by atoms with E-state index in [2.05, 4.69) is 61.5 Å². The standard InChI is InChI=1S/C13H19.C9H7.2ClH.Hf/c1-2-3-6-11-9-10-12-7-4-5-8-13(11)12;1-2-5-9-7-3-6-8(9)4-1;;;/h10-11H,2-8H2,1H3;1-7H;2*1H;/q2*-1;;;+4/p-2. The Hall–Kier alpha value is -0.240. The van der Waals surface area contributed by atoms with E-state index in [1.165, 1.54) is 55.7 Å². The zero-order chi connectivity index (χ0) is 15.2. The van der Waals surface area contributed by atoms with Crippen LogP contribution in [0.15, 0.2) is 59.7 Å². The molecule has 0 nitrogen and oxygen atoms in total. The van der Waals surface area contributed by atoms with Crippen LogP contribution in [0.4, 0.5) is 0 Å². The van der Waals surface area contributed by atoms with Gasteiger partial charge in [0.2, 0.25) is 0 Å². The fourth-order valence-electron chi connectivity index (χ4n) is 3.55. The van der Waals surface area contributed by atoms with Crippen molar-refractivity contribution in [3.63, 3.8) is 0 Å². The zero-order valence-electron chi connectivity index (χ0n) is 14.9. The molecule has 0 N–H and O–H groups in total. The van der Waals surface area contributed by atoms with Crippen molar-refractivity contribution in [2.24, 2.45) is 5.92 Å². The molecule has 0 heterocycles. The minimum atomic E-state index is 0. The van der Waals surface area contributed by atoms with Crippen molar-refractivity contribution in [3.05, 3.63) is 65.8 Å². The summed E-state index contributed by atoms with van der Waals surface area (Å²) in [4.78, 5) is 0. The quantitative estimate of drug-likeness (QED) is 0.396. The van der Waals surface area contributed by atoms with Crippen LogP contribution in [0.5, 0.6) is 0 Å². The first-order valence-corrected chi connectivity index (χ1v) is 8.80. The van der Waals surface area contributed by atoms with Crippen LogP contribution in [0.25, 0.3) is 10.8 Å². The first kappa shape index (κ1) is 24.8. The summed E-state index contributed by atoms with van der Waals surface area (Å²) in [5, 5.41) is 2.66. The van der Waals surface area contributed by atoms with Crippen LogP contribution in [0.3, 0.4) is 0 Å². The molecule has 1 atom stereocenters. The van der Waals surface area contributed by atoms with E-state index in [1.807, 2.05) is 0 Å². The van der Waals surface area contributed by atoms with Crippen LogP contribution in [-0.2, 0) is 25.8 Å². The normalized spacial score (nSPS) is 17.6. The van der Waals surface area contributed by atoms with E-state index >= 15 is 0 Å². The first-order valence-electron chi connectivity index (χ1n) is 8.80. The molecule has 2 aromatic rings. The van der Waals surface area contributed by atoms with Gasteiger partial charge in [0.25, 0.3) is 0 Å². The Morgan fingerprint density at radius 3 is 2.60 bits per heavy atom. The minimum absolute atomic E-state index is 0. The van der Waals surface area contributed by atoms with Gasteiger partial charge in [-0.25, -0.2) is 6.08 Å². The largest absolute Gasteiger partial charge is 4.00 e. The molecule has 0 amide bonds. The molecule has 2 aliphatic rings. The summed E-state index contributed by atoms with van der Waals surface area (Å²) >= 11 is 0. The van der Waals surface area contributed by atoms with Gasteiger partial charge in [0.05, 0.1) is 0 Å². The van der Waals surface area contributed by atoms with E-state index in [1.54, 1.807) is 11.1 Å². The molecule has 4 rings (SSSR count). The molecule has 3 heteroatoms. The number of halogens is 2. The van der Waals surface area contributed by atoms with E-state index in [-0.39, 0.29) is 50.7 Å². The Balaban J connectivity index is 0.000000430. The first-order chi connectivity index (χ1) is 10.9. The number of fused-ring (bicyclic) bond motifs is 1. The van der Waals surface area contributed by atoms with Gasteiger partial charge in [0, 0.05) is 0 Å². The van der Waals surface area contributed by atoms with Gasteiger partial charge in [0.15, 0.2) is 0 Å². The summed E-state index contributed by atoms with van der Waals surface area (Å²) in [6.07, 6.45) is 15.3. The zero-order valence-corrected chi connectivity index (χ0v) is 20.0. The minimum Gasteiger partial charge on any atom is -1.00 e. The predicted octanol–water partition coefficient (Wildman–Crippen LogP) is 0.601. The van der Waals surface area contributed by atoms with Crippen LogP contribution in [-0.4, -0.2) is 0 Å². The third-order valence-electron chi connectivity index (χ3n) is 4.83. The van der Waals surface area contributed by atoms with Gasteiger partial charge < -0.3 is 24.8 Å². The van der Waals surface area contributed by atoms with Crippen LogP contribution in [0, 0.1) is 12.0 Å². The van der Waals surface area contributed by atoms with Gasteiger partial charge in [-0.2, -0.15) is 28.7 Å². The molecule has 0 aromatic heterocycles. The van der Waals surface area contributed by atoms with Crippen molar-refractivity contribution < 1.29 is 50.7 Å². The van der Waals surface area contributed by atoms with Gasteiger partial charge >= 0.3 is 25.8 Å². The van der Waals surface area contributed by atoms with Gasteiger partial charge in [0.1, 0.15) is 0 Å². The molecular weight excluding hydrogens is 514 g/mol. The van der Waals surface area contributed by atoms with E-state index in [9.17, 15) is 0 Å². The Labute approximate surface area is 184 Å². The predicted molar refractivity (Wildman–Crippen MR) is 95.9 cm³/mol. The van der Waals surface area contributed by atoms with Crippen LogP contribution < -0.4 is 24.8 Å². The maximum atomic E-state index is 3.53. The molecular formula is C22H26Cl2Hf. The maximum absolute atomic E-state index is 3.53. The third kappa shape index (κ3) is 6.77. The Kier molecular flexibility index (Phi) is 12.9. The van der Waals surface area contributed by atoms with Crippen molar-refractivity contribution >= 4 is 10.8 Å². The van der Waals surface area contributed by atoms with Gasteiger partial charge in [-0.05, 0) is 6.42 Å². The number of hydrogen-bond donors (Lipinski definition) is 0. The van der Waals surface area contributed by atoms with Gasteiger partial charge in [-0.15, -0.1) is 29.7 Å². The number of allylic oxidation sites excluding steroid dienone is 4. The molecule has 2 aromatic carbocycles. The topological polar surface area (TPSA) is 0 Å². The molecule has 0 fully saturated rings. The Morgan fingerprint density at radius 2 is 1.84 bits per heavy atom. The van der Waals surface area contributed by atoms with Crippen molar-refractivity contribution in [1.82, 2.24) is 0 Å². The number of rotatable bonds is 3. The number of benzene rings is 1. The SMILES string of the molecule is CCCCC1[C-]=CC2=C1CCCC2.[Cl-].[Cl-].[Hf+4].c1ccc2[cH-]ccc2c1. The summed E-state index contributed by atoms with van der Waals surface area (Å²) in [6.45, 7) is 2.27. The molecule has 0 saturated carbocycles. The van der Waals surface area contributed by atoms with E-state index in [4.69, 9.17) is 0 Å². The average Bonchev–Trinajstić information content (AvgIpc) is 3.20. The number of unbranched alkanes of at least 4 members (excludes halogenated alkanes) is 1. The Morgan fingerprint density at radius 1 is 1.08 bits per heavy atom. The molecule has 0 radical (unpaired) electrons. The van der Waals surface area contributed by atoms with Gasteiger partial charge in [-0.3, -0.25) is 6.08 Å². The van der Waals surface area contributed by atoms with Crippen LogP contribution in [0.2, 0.25) is 0 Å². The second-order valence-electron chi connectivity index (χ2n) is 6.42. The van der Waals surface area contributed by atoms with E-state index in [0.717, 1.165) is 0 Å². The summed E-state index contributed by atoms with van der Waals surface area (Å²) in [5.74, 6) is 0.704. The smallest absolute Gasteiger partial charge is 1.00 e. The van der Waals surface area contributed by atoms with E-state index in [0.29, 0.717) is 5.92 Å². The third-order valence-corrected chi connectivity index (χ3v) is 4.83. The van der Waals surface area contributed by atoms with Crippen LogP contribution >= 0.6 is 0 Å². The fraction of sp³-hybridized carbons (Fsp3) is 0.409. The fourth-order valence-corrected chi connectivity index (χ4v) is 3.55. The molecule has 0 saturated heterocycles.